The highest BCUT2D eigenvalue weighted by Gasteiger charge is 2.12. The highest BCUT2D eigenvalue weighted by molar-refractivity contribution is 6.09. The minimum absolute atomic E-state index is 0.912. The van der Waals surface area contributed by atoms with Crippen LogP contribution in [0.2, 0.25) is 0 Å². The fraction of sp³-hybridized carbons (Fsp3) is 0.105. The van der Waals surface area contributed by atoms with Crippen LogP contribution in [-0.4, -0.2) is 4.98 Å². The third kappa shape index (κ3) is 1.91. The van der Waals surface area contributed by atoms with Crippen molar-refractivity contribution in [2.45, 2.75) is 13.3 Å². The van der Waals surface area contributed by atoms with Crippen LogP contribution in [0, 0.1) is 0 Å². The molecule has 0 aliphatic carbocycles. The standard InChI is InChI=1S/C19H15NO/c1-2-13-10-11-17(20-12-13)16-8-5-7-15-14-6-3-4-9-18(14)21-19(15)16/h3-12H,2H2,1H3. The fourth-order valence-electron chi connectivity index (χ4n) is 2.74. The van der Waals surface area contributed by atoms with E-state index in [1.165, 1.54) is 5.56 Å². The first-order chi connectivity index (χ1) is 10.4. The molecule has 0 amide bonds. The van der Waals surface area contributed by atoms with Crippen molar-refractivity contribution < 1.29 is 4.42 Å². The van der Waals surface area contributed by atoms with Crippen LogP contribution >= 0.6 is 0 Å². The maximum Gasteiger partial charge on any atom is 0.144 e. The van der Waals surface area contributed by atoms with Crippen molar-refractivity contribution in [1.82, 2.24) is 4.98 Å². The van der Waals surface area contributed by atoms with Gasteiger partial charge in [0.15, 0.2) is 0 Å². The lowest BCUT2D eigenvalue weighted by Crippen LogP contribution is -1.86. The molecule has 0 aliphatic heterocycles. The zero-order valence-corrected chi connectivity index (χ0v) is 11.8. The zero-order chi connectivity index (χ0) is 14.2. The molecule has 0 fully saturated rings. The first-order valence-electron chi connectivity index (χ1n) is 7.22. The molecule has 2 heteroatoms. The average Bonchev–Trinajstić information content (AvgIpc) is 2.94. The van der Waals surface area contributed by atoms with Crippen molar-refractivity contribution in [2.75, 3.05) is 0 Å². The number of fused-ring (bicyclic) bond motifs is 3. The van der Waals surface area contributed by atoms with Crippen LogP contribution in [0.25, 0.3) is 33.2 Å². The largest absolute Gasteiger partial charge is 0.455 e. The first kappa shape index (κ1) is 12.2. The first-order valence-corrected chi connectivity index (χ1v) is 7.22. The second kappa shape index (κ2) is 4.74. The number of nitrogens with zero attached hydrogens (tertiary/aromatic N) is 1. The number of para-hydroxylation sites is 2. The second-order valence-electron chi connectivity index (χ2n) is 5.19. The summed E-state index contributed by atoms with van der Waals surface area (Å²) in [5.74, 6) is 0. The van der Waals surface area contributed by atoms with Gasteiger partial charge < -0.3 is 4.42 Å². The van der Waals surface area contributed by atoms with Crippen LogP contribution in [0.1, 0.15) is 12.5 Å². The SMILES string of the molecule is CCc1ccc(-c2cccc3c2oc2ccccc23)nc1. The van der Waals surface area contributed by atoms with Gasteiger partial charge in [-0.3, -0.25) is 4.98 Å². The van der Waals surface area contributed by atoms with Crippen molar-refractivity contribution in [3.63, 3.8) is 0 Å². The second-order valence-corrected chi connectivity index (χ2v) is 5.19. The van der Waals surface area contributed by atoms with Gasteiger partial charge in [0.05, 0.1) is 5.69 Å². The summed E-state index contributed by atoms with van der Waals surface area (Å²) >= 11 is 0. The molecule has 0 unspecified atom stereocenters. The molecule has 0 atom stereocenters. The summed E-state index contributed by atoms with van der Waals surface area (Å²) in [5.41, 5.74) is 5.08. The monoisotopic (exact) mass is 273 g/mol. The minimum atomic E-state index is 0.912. The van der Waals surface area contributed by atoms with E-state index >= 15 is 0 Å². The van der Waals surface area contributed by atoms with Gasteiger partial charge in [0.1, 0.15) is 11.2 Å². The lowest BCUT2D eigenvalue weighted by Gasteiger charge is -2.03. The predicted octanol–water partition coefficient (Wildman–Crippen LogP) is 5.21. The van der Waals surface area contributed by atoms with E-state index in [2.05, 4.69) is 48.3 Å². The van der Waals surface area contributed by atoms with Gasteiger partial charge in [0.25, 0.3) is 0 Å². The van der Waals surface area contributed by atoms with Crippen LogP contribution in [0.4, 0.5) is 0 Å². The summed E-state index contributed by atoms with van der Waals surface area (Å²) in [6.45, 7) is 2.14. The van der Waals surface area contributed by atoms with E-state index in [0.29, 0.717) is 0 Å². The maximum absolute atomic E-state index is 6.05. The van der Waals surface area contributed by atoms with Crippen molar-refractivity contribution >= 4 is 21.9 Å². The highest BCUT2D eigenvalue weighted by atomic mass is 16.3. The number of hydrogen-bond acceptors (Lipinski definition) is 2. The Morgan fingerprint density at radius 3 is 2.57 bits per heavy atom. The van der Waals surface area contributed by atoms with E-state index in [9.17, 15) is 0 Å². The molecule has 0 saturated carbocycles. The maximum atomic E-state index is 6.05. The van der Waals surface area contributed by atoms with Gasteiger partial charge in [-0.1, -0.05) is 43.3 Å². The molecule has 0 radical (unpaired) electrons. The molecule has 0 bridgehead atoms. The molecule has 2 aromatic carbocycles. The molecule has 102 valence electrons. The van der Waals surface area contributed by atoms with Crippen molar-refractivity contribution in [3.8, 4) is 11.3 Å². The van der Waals surface area contributed by atoms with E-state index in [4.69, 9.17) is 4.42 Å². The molecule has 2 nitrogen and oxygen atoms in total. The molecule has 0 spiro atoms. The van der Waals surface area contributed by atoms with Crippen molar-refractivity contribution in [3.05, 3.63) is 66.4 Å². The summed E-state index contributed by atoms with van der Waals surface area (Å²) in [7, 11) is 0. The van der Waals surface area contributed by atoms with Gasteiger partial charge in [-0.2, -0.15) is 0 Å². The smallest absolute Gasteiger partial charge is 0.144 e. The van der Waals surface area contributed by atoms with Gasteiger partial charge in [-0.05, 0) is 30.2 Å². The molecule has 0 aliphatic rings. The van der Waals surface area contributed by atoms with E-state index in [1.807, 2.05) is 24.4 Å². The Morgan fingerprint density at radius 1 is 0.905 bits per heavy atom. The minimum Gasteiger partial charge on any atom is -0.455 e. The van der Waals surface area contributed by atoms with E-state index in [0.717, 1.165) is 39.6 Å². The molecule has 4 aromatic rings. The van der Waals surface area contributed by atoms with Gasteiger partial charge in [-0.15, -0.1) is 0 Å². The van der Waals surface area contributed by atoms with Crippen molar-refractivity contribution in [1.29, 1.82) is 0 Å². The van der Waals surface area contributed by atoms with Crippen LogP contribution < -0.4 is 0 Å². The summed E-state index contributed by atoms with van der Waals surface area (Å²) < 4.78 is 6.05. The Kier molecular flexibility index (Phi) is 2.74. The number of aryl methyl sites for hydroxylation is 1. The summed E-state index contributed by atoms with van der Waals surface area (Å²) in [4.78, 5) is 4.58. The van der Waals surface area contributed by atoms with Crippen LogP contribution in [-0.2, 0) is 6.42 Å². The van der Waals surface area contributed by atoms with E-state index in [-0.39, 0.29) is 0 Å². The Labute approximate surface area is 123 Å². The quantitative estimate of drug-likeness (QED) is 0.501. The lowest BCUT2D eigenvalue weighted by molar-refractivity contribution is 0.670. The number of aromatic nitrogens is 1. The Morgan fingerprint density at radius 2 is 1.76 bits per heavy atom. The molecule has 2 heterocycles. The Balaban J connectivity index is 1.99. The molecular formula is C19H15NO. The number of pyridine rings is 1. The molecule has 0 saturated heterocycles. The third-order valence-electron chi connectivity index (χ3n) is 3.91. The number of benzene rings is 2. The van der Waals surface area contributed by atoms with E-state index in [1.54, 1.807) is 0 Å². The van der Waals surface area contributed by atoms with Gasteiger partial charge in [-0.25, -0.2) is 0 Å². The summed E-state index contributed by atoms with van der Waals surface area (Å²) in [6, 6.07) is 18.6. The van der Waals surface area contributed by atoms with E-state index < -0.39 is 0 Å². The van der Waals surface area contributed by atoms with Crippen molar-refractivity contribution in [2.24, 2.45) is 0 Å². The number of rotatable bonds is 2. The predicted molar refractivity (Wildman–Crippen MR) is 86.3 cm³/mol. The number of furan rings is 1. The van der Waals surface area contributed by atoms with Gasteiger partial charge >= 0.3 is 0 Å². The molecule has 0 N–H and O–H groups in total. The fourth-order valence-corrected chi connectivity index (χ4v) is 2.74. The number of hydrogen-bond donors (Lipinski definition) is 0. The Bertz CT molecular complexity index is 919. The normalized spacial score (nSPS) is 11.3. The third-order valence-corrected chi connectivity index (χ3v) is 3.91. The molecule has 2 aromatic heterocycles. The molecule has 21 heavy (non-hydrogen) atoms. The highest BCUT2D eigenvalue weighted by Crippen LogP contribution is 2.34. The molecular weight excluding hydrogens is 258 g/mol. The van der Waals surface area contributed by atoms with Gasteiger partial charge in [0, 0.05) is 22.5 Å². The Hall–Kier alpha value is -2.61. The summed E-state index contributed by atoms with van der Waals surface area (Å²) in [6.07, 6.45) is 2.94. The lowest BCUT2D eigenvalue weighted by atomic mass is 10.1. The van der Waals surface area contributed by atoms with Crippen LogP contribution in [0.3, 0.4) is 0 Å². The van der Waals surface area contributed by atoms with Gasteiger partial charge in [0.2, 0.25) is 0 Å². The van der Waals surface area contributed by atoms with Crippen LogP contribution in [0.5, 0.6) is 0 Å². The topological polar surface area (TPSA) is 26.0 Å². The zero-order valence-electron chi connectivity index (χ0n) is 11.8. The molecule has 4 rings (SSSR count). The average molecular weight is 273 g/mol. The summed E-state index contributed by atoms with van der Waals surface area (Å²) in [5, 5.41) is 2.30. The van der Waals surface area contributed by atoms with Crippen LogP contribution in [0.15, 0.2) is 65.2 Å².